The minimum absolute atomic E-state index is 0.313. The average molecular weight is 128 g/mol. The number of aromatic nitrogens is 3. The first-order valence-electron chi connectivity index (χ1n) is 2.50. The van der Waals surface area contributed by atoms with E-state index < -0.39 is 0 Å². The molecule has 0 saturated carbocycles. The number of nitrogens with two attached hydrogens (primary N) is 1. The first kappa shape index (κ1) is 6.18. The molecule has 5 heteroatoms. The lowest BCUT2D eigenvalue weighted by atomic mass is 10.5. The minimum atomic E-state index is 0.313. The van der Waals surface area contributed by atoms with Crippen molar-refractivity contribution < 1.29 is 4.84 Å². The van der Waals surface area contributed by atoms with Crippen molar-refractivity contribution in [1.82, 2.24) is 15.0 Å². The number of hydrogen-bond donors (Lipinski definition) is 1. The molecule has 1 aromatic heterocycles. The Balaban J connectivity index is 2.61. The summed E-state index contributed by atoms with van der Waals surface area (Å²) in [6.07, 6.45) is 1.74. The van der Waals surface area contributed by atoms with Crippen molar-refractivity contribution >= 4 is 0 Å². The second-order valence-electron chi connectivity index (χ2n) is 1.69. The fourth-order valence-electron chi connectivity index (χ4n) is 0.547. The Labute approximate surface area is 52.4 Å². The fraction of sp³-hybridized carbons (Fsp3) is 0.500. The second kappa shape index (κ2) is 2.56. The third-order valence-electron chi connectivity index (χ3n) is 0.881. The van der Waals surface area contributed by atoms with Gasteiger partial charge >= 0.3 is 0 Å². The summed E-state index contributed by atoms with van der Waals surface area (Å²) in [5.74, 6) is 4.79. The van der Waals surface area contributed by atoms with E-state index in [2.05, 4.69) is 15.1 Å². The van der Waals surface area contributed by atoms with Crippen LogP contribution in [0.1, 0.15) is 5.69 Å². The topological polar surface area (TPSA) is 66.0 Å². The SMILES string of the molecule is Cn1cc(CON)nn1. The van der Waals surface area contributed by atoms with Crippen LogP contribution in [0.5, 0.6) is 0 Å². The third-order valence-corrected chi connectivity index (χ3v) is 0.881. The van der Waals surface area contributed by atoms with E-state index in [1.165, 1.54) is 0 Å². The summed E-state index contributed by atoms with van der Waals surface area (Å²) in [5, 5.41) is 7.38. The van der Waals surface area contributed by atoms with Gasteiger partial charge in [0.1, 0.15) is 12.3 Å². The zero-order chi connectivity index (χ0) is 6.69. The van der Waals surface area contributed by atoms with Crippen molar-refractivity contribution in [3.63, 3.8) is 0 Å². The molecule has 9 heavy (non-hydrogen) atoms. The Hall–Kier alpha value is -0.940. The molecule has 5 nitrogen and oxygen atoms in total. The fourth-order valence-corrected chi connectivity index (χ4v) is 0.547. The van der Waals surface area contributed by atoms with Crippen molar-refractivity contribution in [2.75, 3.05) is 0 Å². The largest absolute Gasteiger partial charge is 0.298 e. The van der Waals surface area contributed by atoms with Crippen LogP contribution in [0.3, 0.4) is 0 Å². The lowest BCUT2D eigenvalue weighted by molar-refractivity contribution is 0.121. The quantitative estimate of drug-likeness (QED) is 0.530. The Morgan fingerprint density at radius 3 is 3.11 bits per heavy atom. The average Bonchev–Trinajstić information content (AvgIpc) is 2.17. The molecule has 0 aliphatic heterocycles. The maximum Gasteiger partial charge on any atom is 0.113 e. The van der Waals surface area contributed by atoms with Gasteiger partial charge in [0.25, 0.3) is 0 Å². The second-order valence-corrected chi connectivity index (χ2v) is 1.69. The molecule has 0 fully saturated rings. The standard InChI is InChI=1S/C4H8N4O/c1-8-2-4(3-9-5)6-7-8/h2H,3,5H2,1H3. The molecule has 2 N–H and O–H groups in total. The predicted molar refractivity (Wildman–Crippen MR) is 30.0 cm³/mol. The van der Waals surface area contributed by atoms with E-state index in [-0.39, 0.29) is 0 Å². The minimum Gasteiger partial charge on any atom is -0.298 e. The van der Waals surface area contributed by atoms with Crippen molar-refractivity contribution in [2.45, 2.75) is 6.61 Å². The molecule has 0 bridgehead atoms. The zero-order valence-electron chi connectivity index (χ0n) is 5.11. The first-order chi connectivity index (χ1) is 4.33. The maximum atomic E-state index is 4.79. The Morgan fingerprint density at radius 2 is 2.67 bits per heavy atom. The van der Waals surface area contributed by atoms with Crippen LogP contribution in [0.4, 0.5) is 0 Å². The molecule has 1 rings (SSSR count). The van der Waals surface area contributed by atoms with Gasteiger partial charge in [-0.15, -0.1) is 5.10 Å². The van der Waals surface area contributed by atoms with E-state index in [9.17, 15) is 0 Å². The van der Waals surface area contributed by atoms with E-state index in [4.69, 9.17) is 5.90 Å². The van der Waals surface area contributed by atoms with Gasteiger partial charge < -0.3 is 0 Å². The van der Waals surface area contributed by atoms with E-state index in [1.54, 1.807) is 17.9 Å². The summed E-state index contributed by atoms with van der Waals surface area (Å²) in [7, 11) is 1.78. The molecule has 0 saturated heterocycles. The van der Waals surface area contributed by atoms with Crippen LogP contribution in [0, 0.1) is 0 Å². The normalized spacial score (nSPS) is 10.0. The summed E-state index contributed by atoms with van der Waals surface area (Å²) in [4.78, 5) is 4.33. The highest BCUT2D eigenvalue weighted by molar-refractivity contribution is 4.88. The number of nitrogens with zero attached hydrogens (tertiary/aromatic N) is 3. The van der Waals surface area contributed by atoms with Crippen molar-refractivity contribution in [3.05, 3.63) is 11.9 Å². The van der Waals surface area contributed by atoms with Gasteiger partial charge in [-0.25, -0.2) is 5.90 Å². The molecule has 0 spiro atoms. The van der Waals surface area contributed by atoms with Crippen LogP contribution in [-0.2, 0) is 18.5 Å². The molecule has 0 radical (unpaired) electrons. The van der Waals surface area contributed by atoms with Gasteiger partial charge in [0.2, 0.25) is 0 Å². The smallest absolute Gasteiger partial charge is 0.113 e. The summed E-state index contributed by atoms with van der Waals surface area (Å²) < 4.78 is 1.59. The summed E-state index contributed by atoms with van der Waals surface area (Å²) in [5.41, 5.74) is 0.736. The van der Waals surface area contributed by atoms with Crippen molar-refractivity contribution in [2.24, 2.45) is 12.9 Å². The molecule has 1 heterocycles. The molecule has 0 unspecified atom stereocenters. The van der Waals surface area contributed by atoms with Gasteiger partial charge in [0.15, 0.2) is 0 Å². The van der Waals surface area contributed by atoms with Crippen LogP contribution in [0.15, 0.2) is 6.20 Å². The van der Waals surface area contributed by atoms with Crippen LogP contribution >= 0.6 is 0 Å². The van der Waals surface area contributed by atoms with Gasteiger partial charge in [0.05, 0.1) is 6.20 Å². The van der Waals surface area contributed by atoms with Crippen LogP contribution < -0.4 is 5.90 Å². The number of hydrogen-bond acceptors (Lipinski definition) is 4. The van der Waals surface area contributed by atoms with E-state index >= 15 is 0 Å². The Morgan fingerprint density at radius 1 is 1.89 bits per heavy atom. The molecule has 0 aliphatic rings. The molecular formula is C4H8N4O. The Bertz CT molecular complexity index is 184. The monoisotopic (exact) mass is 128 g/mol. The molecular weight excluding hydrogens is 120 g/mol. The zero-order valence-corrected chi connectivity index (χ0v) is 5.11. The van der Waals surface area contributed by atoms with Gasteiger partial charge in [0, 0.05) is 7.05 Å². The molecule has 0 atom stereocenters. The lowest BCUT2D eigenvalue weighted by Crippen LogP contribution is -1.98. The summed E-state index contributed by atoms with van der Waals surface area (Å²) in [6.45, 7) is 0.313. The van der Waals surface area contributed by atoms with Crippen LogP contribution in [0.2, 0.25) is 0 Å². The number of aryl methyl sites for hydroxylation is 1. The van der Waals surface area contributed by atoms with Gasteiger partial charge in [-0.2, -0.15) is 0 Å². The summed E-state index contributed by atoms with van der Waals surface area (Å²) in [6, 6.07) is 0. The maximum absolute atomic E-state index is 4.79. The molecule has 0 aliphatic carbocycles. The van der Waals surface area contributed by atoms with Crippen molar-refractivity contribution in [1.29, 1.82) is 0 Å². The van der Waals surface area contributed by atoms with E-state index in [1.807, 2.05) is 0 Å². The molecule has 1 aromatic rings. The van der Waals surface area contributed by atoms with Crippen LogP contribution in [-0.4, -0.2) is 15.0 Å². The van der Waals surface area contributed by atoms with Gasteiger partial charge in [-0.3, -0.25) is 9.52 Å². The number of rotatable bonds is 2. The predicted octanol–water partition coefficient (Wildman–Crippen LogP) is -0.795. The van der Waals surface area contributed by atoms with Crippen LogP contribution in [0.25, 0.3) is 0 Å². The van der Waals surface area contributed by atoms with E-state index in [0.29, 0.717) is 6.61 Å². The first-order valence-corrected chi connectivity index (χ1v) is 2.50. The molecule has 50 valence electrons. The highest BCUT2D eigenvalue weighted by Crippen LogP contribution is 1.90. The van der Waals surface area contributed by atoms with Gasteiger partial charge in [-0.05, 0) is 0 Å². The lowest BCUT2D eigenvalue weighted by Gasteiger charge is -1.86. The highest BCUT2D eigenvalue weighted by Gasteiger charge is 1.94. The molecule has 0 aromatic carbocycles. The van der Waals surface area contributed by atoms with Crippen molar-refractivity contribution in [3.8, 4) is 0 Å². The van der Waals surface area contributed by atoms with E-state index in [0.717, 1.165) is 5.69 Å². The highest BCUT2D eigenvalue weighted by atomic mass is 16.6. The summed E-state index contributed by atoms with van der Waals surface area (Å²) >= 11 is 0. The van der Waals surface area contributed by atoms with Gasteiger partial charge in [-0.1, -0.05) is 5.21 Å². The third kappa shape index (κ3) is 1.48. The Kier molecular flexibility index (Phi) is 1.76. The molecule has 0 amide bonds.